The first kappa shape index (κ1) is 34.3. The number of aliphatic hydroxyl groups is 1. The van der Waals surface area contributed by atoms with Gasteiger partial charge in [0.15, 0.2) is 11.4 Å². The summed E-state index contributed by atoms with van der Waals surface area (Å²) in [6.45, 7) is 2.60. The monoisotopic (exact) mass is 657 g/mol. The second-order valence-electron chi connectivity index (χ2n) is 11.8. The summed E-state index contributed by atoms with van der Waals surface area (Å²) in [7, 11) is 1.93. The van der Waals surface area contributed by atoms with Gasteiger partial charge in [-0.3, -0.25) is 9.59 Å². The Morgan fingerprint density at radius 3 is 2.47 bits per heavy atom. The van der Waals surface area contributed by atoms with E-state index in [0.717, 1.165) is 57.8 Å². The number of thioether (sulfide) groups is 1. The van der Waals surface area contributed by atoms with Crippen molar-refractivity contribution in [2.45, 2.75) is 75.8 Å². The van der Waals surface area contributed by atoms with Crippen LogP contribution in [0, 0.1) is 0 Å². The molecule has 3 N–H and O–H groups in total. The number of nitrogens with one attached hydrogen (secondary N) is 2. The van der Waals surface area contributed by atoms with Crippen LogP contribution in [0.4, 0.5) is 0 Å². The van der Waals surface area contributed by atoms with Gasteiger partial charge in [0.1, 0.15) is 6.33 Å². The van der Waals surface area contributed by atoms with Crippen molar-refractivity contribution in [3.8, 4) is 11.1 Å². The smallest absolute Gasteiger partial charge is 0.220 e. The lowest BCUT2D eigenvalue weighted by Crippen LogP contribution is -2.31. The summed E-state index contributed by atoms with van der Waals surface area (Å²) in [5, 5.41) is 24.4. The van der Waals surface area contributed by atoms with Crippen LogP contribution in [0.15, 0.2) is 84.3 Å². The number of aliphatic hydroxyl groups excluding tert-OH is 1. The van der Waals surface area contributed by atoms with Gasteiger partial charge in [-0.1, -0.05) is 78.8 Å². The van der Waals surface area contributed by atoms with Crippen molar-refractivity contribution in [2.24, 2.45) is 7.05 Å². The maximum absolute atomic E-state index is 12.4. The predicted molar refractivity (Wildman–Crippen MR) is 181 cm³/mol. The molecule has 3 unspecified atom stereocenters. The van der Waals surface area contributed by atoms with Gasteiger partial charge in [-0.25, -0.2) is 0 Å². The van der Waals surface area contributed by atoms with Gasteiger partial charge in [-0.15, -0.1) is 10.2 Å². The number of aryl methyl sites for hydroxylation is 1. The first-order valence-corrected chi connectivity index (χ1v) is 17.0. The van der Waals surface area contributed by atoms with Crippen molar-refractivity contribution in [1.29, 1.82) is 0 Å². The van der Waals surface area contributed by atoms with E-state index in [4.69, 9.17) is 9.47 Å². The van der Waals surface area contributed by atoms with E-state index in [-0.39, 0.29) is 30.6 Å². The lowest BCUT2D eigenvalue weighted by Gasteiger charge is -2.36. The van der Waals surface area contributed by atoms with Crippen LogP contribution in [0.2, 0.25) is 0 Å². The molecule has 0 bridgehead atoms. The molecular formula is C36H43N5O5S. The molecule has 2 amide bonds. The Labute approximate surface area is 280 Å². The quantitative estimate of drug-likeness (QED) is 0.111. The highest BCUT2D eigenvalue weighted by molar-refractivity contribution is 7.99. The van der Waals surface area contributed by atoms with Crippen LogP contribution in [-0.4, -0.2) is 50.1 Å². The fourth-order valence-electron chi connectivity index (χ4n) is 5.46. The molecule has 1 saturated heterocycles. The predicted octanol–water partition coefficient (Wildman–Crippen LogP) is 5.62. The highest BCUT2D eigenvalue weighted by Gasteiger charge is 2.32. The van der Waals surface area contributed by atoms with Gasteiger partial charge in [0.05, 0.1) is 18.8 Å². The summed E-state index contributed by atoms with van der Waals surface area (Å²) >= 11 is 1.61. The van der Waals surface area contributed by atoms with E-state index in [1.165, 1.54) is 6.92 Å². The van der Waals surface area contributed by atoms with E-state index in [1.54, 1.807) is 18.1 Å². The molecule has 0 radical (unpaired) electrons. The molecule has 47 heavy (non-hydrogen) atoms. The number of carbonyl (C=O) groups is 2. The van der Waals surface area contributed by atoms with Gasteiger partial charge >= 0.3 is 0 Å². The van der Waals surface area contributed by atoms with Crippen molar-refractivity contribution in [2.75, 3.05) is 12.3 Å². The summed E-state index contributed by atoms with van der Waals surface area (Å²) in [5.41, 5.74) is 5.91. The van der Waals surface area contributed by atoms with Crippen molar-refractivity contribution in [1.82, 2.24) is 25.4 Å². The van der Waals surface area contributed by atoms with Crippen LogP contribution < -0.4 is 10.6 Å². The maximum atomic E-state index is 12.4. The number of aromatic nitrogens is 3. The molecule has 0 saturated carbocycles. The van der Waals surface area contributed by atoms with E-state index in [1.807, 2.05) is 60.1 Å². The van der Waals surface area contributed by atoms with E-state index in [0.29, 0.717) is 31.7 Å². The molecule has 3 aromatic carbocycles. The zero-order valence-electron chi connectivity index (χ0n) is 26.9. The van der Waals surface area contributed by atoms with Gasteiger partial charge in [-0.2, -0.15) is 0 Å². The molecule has 1 aliphatic rings. The highest BCUT2D eigenvalue weighted by atomic mass is 32.2. The number of hydrogen-bond donors (Lipinski definition) is 3. The zero-order chi connectivity index (χ0) is 33.0. The van der Waals surface area contributed by atoms with Crippen molar-refractivity contribution in [3.05, 3.63) is 101 Å². The summed E-state index contributed by atoms with van der Waals surface area (Å²) in [6.07, 6.45) is 4.55. The Morgan fingerprint density at radius 2 is 1.72 bits per heavy atom. The standard InChI is InChI=1S/C36H43N5O5S/c1-25(43)37-17-5-3-4-12-34(44)38-21-27-8-6-9-29(18-27)30-10-7-11-31(19-30)35-45-32(23-47-36-40-39-24-41(36)2)20-33(46-35)28-15-13-26(22-42)14-16-28/h6-11,13-16,18-19,24,32-33,35,42H,3-5,12,17,20-23H2,1-2H3,(H,37,43)(H,38,44). The topological polar surface area (TPSA) is 128 Å². The number of unbranched alkanes of at least 4 members (excludes halogenated alkanes) is 2. The van der Waals surface area contributed by atoms with Crippen LogP contribution in [0.25, 0.3) is 11.1 Å². The molecule has 1 aromatic heterocycles. The molecule has 248 valence electrons. The number of rotatable bonds is 15. The summed E-state index contributed by atoms with van der Waals surface area (Å²) in [4.78, 5) is 23.4. The average Bonchev–Trinajstić information content (AvgIpc) is 3.52. The maximum Gasteiger partial charge on any atom is 0.220 e. The Bertz CT molecular complexity index is 1610. The molecule has 4 aromatic rings. The SMILES string of the molecule is CC(=O)NCCCCCC(=O)NCc1cccc(-c2cccc(C3OC(CSc4nncn4C)CC(c4ccc(CO)cc4)O3)c2)c1. The fourth-order valence-corrected chi connectivity index (χ4v) is 6.37. The van der Waals surface area contributed by atoms with Crippen LogP contribution in [0.1, 0.15) is 73.7 Å². The number of nitrogens with zero attached hydrogens (tertiary/aromatic N) is 3. The molecule has 11 heteroatoms. The minimum absolute atomic E-state index is 0.00298. The van der Waals surface area contributed by atoms with Crippen LogP contribution in [0.3, 0.4) is 0 Å². The average molecular weight is 658 g/mol. The number of carbonyl (C=O) groups excluding carboxylic acids is 2. The van der Waals surface area contributed by atoms with E-state index in [2.05, 4.69) is 45.1 Å². The Hall–Kier alpha value is -4.03. The number of benzene rings is 3. The third-order valence-corrected chi connectivity index (χ3v) is 9.21. The Balaban J connectivity index is 1.24. The van der Waals surface area contributed by atoms with E-state index in [9.17, 15) is 14.7 Å². The third kappa shape index (κ3) is 10.2. The van der Waals surface area contributed by atoms with Gasteiger partial charge in [0, 0.05) is 51.2 Å². The molecule has 5 rings (SSSR count). The second-order valence-corrected chi connectivity index (χ2v) is 12.8. The summed E-state index contributed by atoms with van der Waals surface area (Å²) in [6, 6.07) is 24.3. The van der Waals surface area contributed by atoms with Gasteiger partial charge in [-0.05, 0) is 52.8 Å². The lowest BCUT2D eigenvalue weighted by molar-refractivity contribution is -0.245. The molecule has 1 fully saturated rings. The molecular weight excluding hydrogens is 614 g/mol. The largest absolute Gasteiger partial charge is 0.392 e. The van der Waals surface area contributed by atoms with Crippen LogP contribution in [0.5, 0.6) is 0 Å². The first-order valence-electron chi connectivity index (χ1n) is 16.1. The zero-order valence-corrected chi connectivity index (χ0v) is 27.7. The molecule has 10 nitrogen and oxygen atoms in total. The highest BCUT2D eigenvalue weighted by Crippen LogP contribution is 2.40. The van der Waals surface area contributed by atoms with Gasteiger partial charge in [0.25, 0.3) is 0 Å². The van der Waals surface area contributed by atoms with Crippen molar-refractivity contribution < 1.29 is 24.2 Å². The Morgan fingerprint density at radius 1 is 0.936 bits per heavy atom. The fraction of sp³-hybridized carbons (Fsp3) is 0.389. The summed E-state index contributed by atoms with van der Waals surface area (Å²) < 4.78 is 15.0. The molecule has 3 atom stereocenters. The van der Waals surface area contributed by atoms with E-state index >= 15 is 0 Å². The minimum Gasteiger partial charge on any atom is -0.392 e. The normalized spacial score (nSPS) is 17.7. The van der Waals surface area contributed by atoms with Crippen LogP contribution in [-0.2, 0) is 39.3 Å². The lowest BCUT2D eigenvalue weighted by atomic mass is 9.99. The van der Waals surface area contributed by atoms with Crippen LogP contribution >= 0.6 is 11.8 Å². The number of hydrogen-bond acceptors (Lipinski definition) is 8. The number of ether oxygens (including phenoxy) is 2. The molecule has 1 aliphatic heterocycles. The second kappa shape index (κ2) is 17.2. The molecule has 0 aliphatic carbocycles. The van der Waals surface area contributed by atoms with Gasteiger partial charge in [0.2, 0.25) is 11.8 Å². The van der Waals surface area contributed by atoms with E-state index < -0.39 is 6.29 Å². The molecule has 0 spiro atoms. The molecule has 2 heterocycles. The van der Waals surface area contributed by atoms with Crippen molar-refractivity contribution >= 4 is 23.6 Å². The first-order chi connectivity index (χ1) is 22.9. The van der Waals surface area contributed by atoms with Gasteiger partial charge < -0.3 is 29.8 Å². The Kier molecular flexibility index (Phi) is 12.6. The third-order valence-electron chi connectivity index (χ3n) is 8.05. The number of amides is 2. The van der Waals surface area contributed by atoms with Crippen molar-refractivity contribution in [3.63, 3.8) is 0 Å². The summed E-state index contributed by atoms with van der Waals surface area (Å²) in [5.74, 6) is 0.694. The minimum atomic E-state index is -0.572.